The molecule has 0 saturated heterocycles. The lowest BCUT2D eigenvalue weighted by Gasteiger charge is -2.16. The molecule has 4 nitrogen and oxygen atoms in total. The van der Waals surface area contributed by atoms with Gasteiger partial charge in [0.25, 0.3) is 0 Å². The van der Waals surface area contributed by atoms with Gasteiger partial charge in [-0.1, -0.05) is 146 Å². The third kappa shape index (κ3) is 5.76. The van der Waals surface area contributed by atoms with E-state index in [0.29, 0.717) is 5.69 Å². The van der Waals surface area contributed by atoms with Crippen LogP contribution in [0.1, 0.15) is 16.9 Å². The molecular formula is C52H37N3O. The molecule has 2 heterocycles. The third-order valence-electron chi connectivity index (χ3n) is 10.8. The van der Waals surface area contributed by atoms with E-state index in [1.165, 1.54) is 27.4 Å². The first-order valence-electron chi connectivity index (χ1n) is 18.9. The Balaban J connectivity index is 1.13. The highest BCUT2D eigenvalue weighted by molar-refractivity contribution is 6.18. The van der Waals surface area contributed by atoms with Crippen LogP contribution in [0.25, 0.3) is 71.8 Å². The number of nitrogens with two attached hydrogens (primary N) is 1. The molecule has 0 atom stereocenters. The summed E-state index contributed by atoms with van der Waals surface area (Å²) in [5.74, 6) is 0.776. The summed E-state index contributed by atoms with van der Waals surface area (Å²) in [6.45, 7) is 1.98. The summed E-state index contributed by atoms with van der Waals surface area (Å²) < 4.78 is 8.54. The fourth-order valence-corrected chi connectivity index (χ4v) is 8.06. The van der Waals surface area contributed by atoms with Crippen LogP contribution >= 0.6 is 0 Å². The van der Waals surface area contributed by atoms with Crippen molar-refractivity contribution in [1.82, 2.24) is 4.57 Å². The standard InChI is InChI=1S/C52H37N3O/c1-34-51(45-24-11-13-26-50(45)56-34)54-52(36-17-6-3-7-18-36)44-23-9-8-21-41(44)46-32-38(28-30-47(46)53)39-27-29-43-42-22-10-12-25-48(42)55(49(43)33-39)40-20-14-19-37(31-40)35-15-4-2-5-16-35/h2-33H,53H2,1H3. The summed E-state index contributed by atoms with van der Waals surface area (Å²) in [5, 5.41) is 3.41. The van der Waals surface area contributed by atoms with E-state index in [2.05, 4.69) is 168 Å². The number of furan rings is 1. The second kappa shape index (κ2) is 13.8. The van der Waals surface area contributed by atoms with Crippen LogP contribution in [0.3, 0.4) is 0 Å². The number of nitrogens with zero attached hydrogens (tertiary/aromatic N) is 2. The number of fused-ring (bicyclic) bond motifs is 4. The summed E-state index contributed by atoms with van der Waals surface area (Å²) >= 11 is 0. The molecular weight excluding hydrogens is 683 g/mol. The van der Waals surface area contributed by atoms with Crippen molar-refractivity contribution >= 4 is 49.9 Å². The van der Waals surface area contributed by atoms with Crippen LogP contribution in [0, 0.1) is 6.92 Å². The van der Waals surface area contributed by atoms with Gasteiger partial charge in [0.05, 0.1) is 16.7 Å². The molecule has 0 saturated carbocycles. The molecule has 10 aromatic rings. The number of benzene rings is 8. The lowest BCUT2D eigenvalue weighted by molar-refractivity contribution is 0.579. The van der Waals surface area contributed by atoms with Crippen LogP contribution in [0.15, 0.2) is 204 Å². The number of aliphatic imine (C=N–C) groups is 1. The molecule has 266 valence electrons. The number of hydrogen-bond donors (Lipinski definition) is 1. The molecule has 56 heavy (non-hydrogen) atoms. The Morgan fingerprint density at radius 2 is 1.14 bits per heavy atom. The first kappa shape index (κ1) is 33.2. The second-order valence-electron chi connectivity index (χ2n) is 14.2. The maximum atomic E-state index is 6.89. The maximum Gasteiger partial charge on any atom is 0.136 e. The molecule has 0 aliphatic heterocycles. The molecule has 0 spiro atoms. The van der Waals surface area contributed by atoms with Crippen molar-refractivity contribution in [2.45, 2.75) is 6.92 Å². The summed E-state index contributed by atoms with van der Waals surface area (Å²) in [4.78, 5) is 5.38. The SMILES string of the molecule is Cc1oc2ccccc2c1N=C(c1ccccc1)c1ccccc1-c1cc(-c2ccc3c4ccccc4n(-c4cccc(-c5ccccc5)c4)c3c2)ccc1N. The molecule has 2 N–H and O–H groups in total. The smallest absolute Gasteiger partial charge is 0.136 e. The largest absolute Gasteiger partial charge is 0.459 e. The zero-order valence-electron chi connectivity index (χ0n) is 30.9. The van der Waals surface area contributed by atoms with E-state index in [4.69, 9.17) is 15.1 Å². The van der Waals surface area contributed by atoms with Gasteiger partial charge in [0.2, 0.25) is 0 Å². The van der Waals surface area contributed by atoms with Gasteiger partial charge in [0.15, 0.2) is 0 Å². The van der Waals surface area contributed by atoms with Gasteiger partial charge in [-0.15, -0.1) is 0 Å². The minimum atomic E-state index is 0.700. The molecule has 10 rings (SSSR count). The van der Waals surface area contributed by atoms with Crippen molar-refractivity contribution in [2.24, 2.45) is 4.99 Å². The van der Waals surface area contributed by atoms with Crippen LogP contribution in [0.5, 0.6) is 0 Å². The Labute approximate surface area is 325 Å². The number of rotatable bonds is 7. The van der Waals surface area contributed by atoms with E-state index >= 15 is 0 Å². The number of para-hydroxylation sites is 2. The number of aromatic nitrogens is 1. The fraction of sp³-hybridized carbons (Fsp3) is 0.0192. The number of anilines is 1. The van der Waals surface area contributed by atoms with Crippen molar-refractivity contribution in [3.8, 4) is 39.1 Å². The van der Waals surface area contributed by atoms with Gasteiger partial charge in [0.1, 0.15) is 17.0 Å². The molecule has 0 aliphatic rings. The van der Waals surface area contributed by atoms with Crippen LogP contribution in [0.4, 0.5) is 11.4 Å². The van der Waals surface area contributed by atoms with Crippen molar-refractivity contribution in [2.75, 3.05) is 5.73 Å². The molecule has 2 aromatic heterocycles. The minimum absolute atomic E-state index is 0.700. The number of hydrogen-bond acceptors (Lipinski definition) is 3. The van der Waals surface area contributed by atoms with Gasteiger partial charge in [-0.3, -0.25) is 0 Å². The Kier molecular flexibility index (Phi) is 8.15. The molecule has 0 unspecified atom stereocenters. The number of aryl methyl sites for hydroxylation is 1. The molecule has 4 heteroatoms. The summed E-state index contributed by atoms with van der Waals surface area (Å²) in [7, 11) is 0. The highest BCUT2D eigenvalue weighted by atomic mass is 16.3. The van der Waals surface area contributed by atoms with Crippen LogP contribution in [-0.2, 0) is 0 Å². The highest BCUT2D eigenvalue weighted by Crippen LogP contribution is 2.40. The maximum absolute atomic E-state index is 6.89. The molecule has 0 aliphatic carbocycles. The van der Waals surface area contributed by atoms with E-state index < -0.39 is 0 Å². The van der Waals surface area contributed by atoms with E-state index in [-0.39, 0.29) is 0 Å². The lowest BCUT2D eigenvalue weighted by Crippen LogP contribution is -2.06. The Bertz CT molecular complexity index is 3100. The first-order chi connectivity index (χ1) is 27.6. The van der Waals surface area contributed by atoms with E-state index in [1.54, 1.807) is 0 Å². The normalized spacial score (nSPS) is 11.8. The van der Waals surface area contributed by atoms with Gasteiger partial charge in [-0.2, -0.15) is 0 Å². The molecule has 8 aromatic carbocycles. The lowest BCUT2D eigenvalue weighted by atomic mass is 9.90. The van der Waals surface area contributed by atoms with Crippen molar-refractivity contribution in [1.29, 1.82) is 0 Å². The van der Waals surface area contributed by atoms with Gasteiger partial charge in [-0.05, 0) is 83.3 Å². The van der Waals surface area contributed by atoms with Crippen molar-refractivity contribution in [3.05, 3.63) is 211 Å². The van der Waals surface area contributed by atoms with E-state index in [9.17, 15) is 0 Å². The molecule has 0 radical (unpaired) electrons. The molecule has 0 fully saturated rings. The van der Waals surface area contributed by atoms with E-state index in [0.717, 1.165) is 72.7 Å². The van der Waals surface area contributed by atoms with Crippen LogP contribution in [0.2, 0.25) is 0 Å². The third-order valence-corrected chi connectivity index (χ3v) is 10.8. The predicted molar refractivity (Wildman–Crippen MR) is 234 cm³/mol. The highest BCUT2D eigenvalue weighted by Gasteiger charge is 2.19. The number of nitrogen functional groups attached to an aromatic ring is 1. The van der Waals surface area contributed by atoms with Gasteiger partial charge >= 0.3 is 0 Å². The van der Waals surface area contributed by atoms with Crippen molar-refractivity contribution < 1.29 is 4.42 Å². The monoisotopic (exact) mass is 719 g/mol. The topological polar surface area (TPSA) is 56.5 Å². The molecule has 0 bridgehead atoms. The fourth-order valence-electron chi connectivity index (χ4n) is 8.06. The predicted octanol–water partition coefficient (Wildman–Crippen LogP) is 13.6. The quantitative estimate of drug-likeness (QED) is 0.132. The average molecular weight is 720 g/mol. The summed E-state index contributed by atoms with van der Waals surface area (Å²) in [5.41, 5.74) is 22.0. The summed E-state index contributed by atoms with van der Waals surface area (Å²) in [6.07, 6.45) is 0. The zero-order valence-corrected chi connectivity index (χ0v) is 30.9. The van der Waals surface area contributed by atoms with Gasteiger partial charge < -0.3 is 14.7 Å². The Morgan fingerprint density at radius 1 is 0.500 bits per heavy atom. The first-order valence-corrected chi connectivity index (χ1v) is 18.9. The average Bonchev–Trinajstić information content (AvgIpc) is 3.76. The van der Waals surface area contributed by atoms with Crippen LogP contribution in [-0.4, -0.2) is 10.3 Å². The van der Waals surface area contributed by atoms with Gasteiger partial charge in [0, 0.05) is 44.2 Å². The second-order valence-corrected chi connectivity index (χ2v) is 14.2. The summed E-state index contributed by atoms with van der Waals surface area (Å²) in [6, 6.07) is 68.0. The van der Waals surface area contributed by atoms with Crippen molar-refractivity contribution in [3.63, 3.8) is 0 Å². The Morgan fingerprint density at radius 3 is 2.00 bits per heavy atom. The van der Waals surface area contributed by atoms with Gasteiger partial charge in [-0.25, -0.2) is 4.99 Å². The zero-order chi connectivity index (χ0) is 37.6. The van der Waals surface area contributed by atoms with E-state index in [1.807, 2.05) is 37.3 Å². The molecule has 0 amide bonds. The minimum Gasteiger partial charge on any atom is -0.459 e. The Hall–Kier alpha value is -7.43. The van der Waals surface area contributed by atoms with Crippen LogP contribution < -0.4 is 5.73 Å².